The van der Waals surface area contributed by atoms with Gasteiger partial charge in [0.25, 0.3) is 0 Å². The highest BCUT2D eigenvalue weighted by molar-refractivity contribution is 6.10. The normalized spacial score (nSPS) is 11.6. The topological polar surface area (TPSA) is 22.8 Å². The minimum Gasteiger partial charge on any atom is -0.309 e. The third kappa shape index (κ3) is 4.97. The zero-order valence-corrected chi connectivity index (χ0v) is 24.0. The van der Waals surface area contributed by atoms with Gasteiger partial charge in [-0.05, 0) is 79.8 Å². The number of hydrogen-bond acceptors (Lipinski definition) is 1. The standard InChI is InChI=1S/C37H39N3/c1-4-5-6-7-8-10-15-29-24-27(2)36(28(3)25-29)39-23-22-38-37(39)30-20-21-35-33(26-30)32-18-13-14-19-34(32)40(35)31-16-11-9-12-17-31/h9,11-14,16-26H,4-8,10,15H2,1-3H3. The number of nitrogens with zero attached hydrogens (tertiary/aromatic N) is 3. The molecule has 40 heavy (non-hydrogen) atoms. The smallest absolute Gasteiger partial charge is 0.144 e. The summed E-state index contributed by atoms with van der Waals surface area (Å²) in [7, 11) is 0. The highest BCUT2D eigenvalue weighted by Gasteiger charge is 2.17. The van der Waals surface area contributed by atoms with E-state index in [0.717, 1.165) is 17.8 Å². The van der Waals surface area contributed by atoms with E-state index in [1.807, 2.05) is 6.20 Å². The Morgan fingerprint density at radius 1 is 0.675 bits per heavy atom. The number of aryl methyl sites for hydroxylation is 3. The molecule has 6 aromatic rings. The monoisotopic (exact) mass is 525 g/mol. The van der Waals surface area contributed by atoms with Gasteiger partial charge in [0.15, 0.2) is 0 Å². The van der Waals surface area contributed by atoms with Crippen LogP contribution in [0, 0.1) is 13.8 Å². The second-order valence-electron chi connectivity index (χ2n) is 11.1. The molecule has 0 radical (unpaired) electrons. The van der Waals surface area contributed by atoms with Crippen LogP contribution in [0.2, 0.25) is 0 Å². The fraction of sp³-hybridized carbons (Fsp3) is 0.270. The highest BCUT2D eigenvalue weighted by atomic mass is 15.1. The van der Waals surface area contributed by atoms with E-state index in [9.17, 15) is 0 Å². The van der Waals surface area contributed by atoms with Gasteiger partial charge in [-0.1, -0.05) is 87.6 Å². The third-order valence-corrected chi connectivity index (χ3v) is 8.20. The molecule has 6 rings (SSSR count). The first-order chi connectivity index (χ1) is 19.7. The number of unbranched alkanes of at least 4 members (excludes halogenated alkanes) is 5. The summed E-state index contributed by atoms with van der Waals surface area (Å²) in [5, 5.41) is 2.50. The molecule has 0 N–H and O–H groups in total. The minimum absolute atomic E-state index is 0.980. The van der Waals surface area contributed by atoms with Gasteiger partial charge < -0.3 is 4.57 Å². The lowest BCUT2D eigenvalue weighted by Gasteiger charge is -2.16. The van der Waals surface area contributed by atoms with Gasteiger partial charge >= 0.3 is 0 Å². The first kappa shape index (κ1) is 26.1. The van der Waals surface area contributed by atoms with Crippen molar-refractivity contribution in [1.29, 1.82) is 0 Å². The van der Waals surface area contributed by atoms with Gasteiger partial charge in [0.2, 0.25) is 0 Å². The van der Waals surface area contributed by atoms with Crippen molar-refractivity contribution in [3.05, 3.63) is 114 Å². The number of rotatable bonds is 10. The first-order valence-electron chi connectivity index (χ1n) is 14.9. The van der Waals surface area contributed by atoms with Gasteiger partial charge in [0.05, 0.1) is 16.7 Å². The molecular weight excluding hydrogens is 486 g/mol. The number of benzene rings is 4. The molecule has 0 bridgehead atoms. The van der Waals surface area contributed by atoms with Crippen LogP contribution in [0.3, 0.4) is 0 Å². The number of imidazole rings is 1. The Labute approximate surface area is 238 Å². The largest absolute Gasteiger partial charge is 0.309 e. The molecule has 3 heteroatoms. The number of aromatic nitrogens is 3. The molecule has 2 heterocycles. The maximum absolute atomic E-state index is 4.86. The average Bonchev–Trinajstić information content (AvgIpc) is 3.58. The quantitative estimate of drug-likeness (QED) is 0.163. The van der Waals surface area contributed by atoms with Crippen LogP contribution in [0.15, 0.2) is 97.3 Å². The van der Waals surface area contributed by atoms with Crippen molar-refractivity contribution < 1.29 is 0 Å². The van der Waals surface area contributed by atoms with Gasteiger partial charge in [-0.25, -0.2) is 4.98 Å². The van der Waals surface area contributed by atoms with E-state index in [0.29, 0.717) is 0 Å². The van der Waals surface area contributed by atoms with Crippen molar-refractivity contribution in [2.75, 3.05) is 0 Å². The third-order valence-electron chi connectivity index (χ3n) is 8.20. The Kier molecular flexibility index (Phi) is 7.55. The van der Waals surface area contributed by atoms with Gasteiger partial charge in [-0.15, -0.1) is 0 Å². The maximum Gasteiger partial charge on any atom is 0.144 e. The molecule has 0 atom stereocenters. The molecule has 2 aromatic heterocycles. The first-order valence-corrected chi connectivity index (χ1v) is 14.9. The Bertz CT molecular complexity index is 1730. The predicted molar refractivity (Wildman–Crippen MR) is 170 cm³/mol. The molecule has 202 valence electrons. The Balaban J connectivity index is 1.35. The van der Waals surface area contributed by atoms with Crippen LogP contribution < -0.4 is 0 Å². The van der Waals surface area contributed by atoms with Gasteiger partial charge in [0.1, 0.15) is 5.82 Å². The summed E-state index contributed by atoms with van der Waals surface area (Å²) in [6.07, 6.45) is 13.2. The fourth-order valence-electron chi connectivity index (χ4n) is 6.34. The zero-order chi connectivity index (χ0) is 27.5. The van der Waals surface area contributed by atoms with E-state index in [1.54, 1.807) is 0 Å². The predicted octanol–water partition coefficient (Wildman–Crippen LogP) is 10.2. The van der Waals surface area contributed by atoms with E-state index >= 15 is 0 Å². The van der Waals surface area contributed by atoms with E-state index in [-0.39, 0.29) is 0 Å². The zero-order valence-electron chi connectivity index (χ0n) is 24.0. The second-order valence-corrected chi connectivity index (χ2v) is 11.1. The van der Waals surface area contributed by atoms with E-state index in [4.69, 9.17) is 4.98 Å². The summed E-state index contributed by atoms with van der Waals surface area (Å²) < 4.78 is 4.63. The van der Waals surface area contributed by atoms with Gasteiger partial charge in [-0.3, -0.25) is 4.57 Å². The van der Waals surface area contributed by atoms with E-state index < -0.39 is 0 Å². The molecule has 3 nitrogen and oxygen atoms in total. The van der Waals surface area contributed by atoms with Crippen molar-refractivity contribution >= 4 is 21.8 Å². The lowest BCUT2D eigenvalue weighted by atomic mass is 9.99. The fourth-order valence-corrected chi connectivity index (χ4v) is 6.34. The molecule has 0 aliphatic heterocycles. The number of para-hydroxylation sites is 2. The Morgan fingerprint density at radius 3 is 2.17 bits per heavy atom. The minimum atomic E-state index is 0.980. The van der Waals surface area contributed by atoms with Crippen LogP contribution in [0.4, 0.5) is 0 Å². The molecule has 0 fully saturated rings. The Hall–Kier alpha value is -4.11. The molecular formula is C37H39N3. The van der Waals surface area contributed by atoms with Crippen LogP contribution in [0.5, 0.6) is 0 Å². The van der Waals surface area contributed by atoms with Crippen molar-refractivity contribution in [2.45, 2.75) is 65.7 Å². The van der Waals surface area contributed by atoms with Crippen molar-refractivity contribution in [1.82, 2.24) is 14.1 Å². The lowest BCUT2D eigenvalue weighted by Crippen LogP contribution is -2.03. The summed E-state index contributed by atoms with van der Waals surface area (Å²) in [5.41, 5.74) is 10.0. The summed E-state index contributed by atoms with van der Waals surface area (Å²) in [6, 6.07) is 30.9. The van der Waals surface area contributed by atoms with Crippen LogP contribution in [-0.4, -0.2) is 14.1 Å². The second kappa shape index (κ2) is 11.6. The lowest BCUT2D eigenvalue weighted by molar-refractivity contribution is 0.607. The molecule has 0 amide bonds. The number of hydrogen-bond donors (Lipinski definition) is 0. The van der Waals surface area contributed by atoms with Crippen molar-refractivity contribution in [3.63, 3.8) is 0 Å². The number of fused-ring (bicyclic) bond motifs is 3. The van der Waals surface area contributed by atoms with Crippen LogP contribution in [0.1, 0.15) is 62.1 Å². The van der Waals surface area contributed by atoms with Crippen molar-refractivity contribution in [2.24, 2.45) is 0 Å². The molecule has 0 aliphatic carbocycles. The molecule has 0 unspecified atom stereocenters. The van der Waals surface area contributed by atoms with Gasteiger partial charge in [0, 0.05) is 34.4 Å². The van der Waals surface area contributed by atoms with Crippen molar-refractivity contribution in [3.8, 4) is 22.8 Å². The highest BCUT2D eigenvalue weighted by Crippen LogP contribution is 2.35. The molecule has 0 saturated heterocycles. The molecule has 0 saturated carbocycles. The molecule has 0 spiro atoms. The molecule has 0 aliphatic rings. The van der Waals surface area contributed by atoms with Gasteiger partial charge in [-0.2, -0.15) is 0 Å². The van der Waals surface area contributed by atoms with E-state index in [1.165, 1.54) is 88.4 Å². The molecule has 4 aromatic carbocycles. The summed E-state index contributed by atoms with van der Waals surface area (Å²) in [5.74, 6) is 0.980. The maximum atomic E-state index is 4.86. The summed E-state index contributed by atoms with van der Waals surface area (Å²) >= 11 is 0. The van der Waals surface area contributed by atoms with Crippen LogP contribution in [-0.2, 0) is 6.42 Å². The van der Waals surface area contributed by atoms with E-state index in [2.05, 4.69) is 121 Å². The van der Waals surface area contributed by atoms with Crippen LogP contribution >= 0.6 is 0 Å². The summed E-state index contributed by atoms with van der Waals surface area (Å²) in [4.78, 5) is 4.86. The van der Waals surface area contributed by atoms with Crippen LogP contribution in [0.25, 0.3) is 44.6 Å². The Morgan fingerprint density at radius 2 is 1.38 bits per heavy atom. The summed E-state index contributed by atoms with van der Waals surface area (Å²) in [6.45, 7) is 6.77. The average molecular weight is 526 g/mol. The SMILES string of the molecule is CCCCCCCCc1cc(C)c(-n2ccnc2-c2ccc3c(c2)c2ccccc2n3-c2ccccc2)c(C)c1.